The maximum Gasteiger partial charge on any atom is 0.299 e. The summed E-state index contributed by atoms with van der Waals surface area (Å²) in [6.45, 7) is -1.16. The van der Waals surface area contributed by atoms with Gasteiger partial charge in [-0.15, -0.1) is 0 Å². The summed E-state index contributed by atoms with van der Waals surface area (Å²) in [4.78, 5) is 0. The average Bonchev–Trinajstić information content (AvgIpc) is 2.00. The fourth-order valence-corrected chi connectivity index (χ4v) is 1.12. The number of alkyl halides is 2. The van der Waals surface area contributed by atoms with Crippen molar-refractivity contribution in [2.45, 2.75) is 24.0 Å². The van der Waals surface area contributed by atoms with Crippen LogP contribution in [0.15, 0.2) is 12.2 Å². The second kappa shape index (κ2) is 2.76. The molecule has 0 bridgehead atoms. The van der Waals surface area contributed by atoms with Gasteiger partial charge in [-0.25, -0.2) is 0 Å². The van der Waals surface area contributed by atoms with Gasteiger partial charge in [0.2, 0.25) is 0 Å². The molecule has 0 heterocycles. The van der Waals surface area contributed by atoms with Crippen LogP contribution in [0.2, 0.25) is 0 Å². The third-order valence-electron chi connectivity index (χ3n) is 2.06. The number of aliphatic hydroxyl groups is 3. The van der Waals surface area contributed by atoms with Gasteiger partial charge < -0.3 is 15.3 Å². The SMILES string of the molecule is OC[C@]1(O)[C@@H](O)CC=CC1(F)F. The van der Waals surface area contributed by atoms with Crippen LogP contribution in [0.5, 0.6) is 0 Å². The molecule has 0 amide bonds. The van der Waals surface area contributed by atoms with Crippen LogP contribution in [0, 0.1) is 0 Å². The van der Waals surface area contributed by atoms with Crippen LogP contribution in [-0.2, 0) is 0 Å². The molecule has 0 saturated carbocycles. The summed E-state index contributed by atoms with van der Waals surface area (Å²) < 4.78 is 25.7. The second-order valence-electron chi connectivity index (χ2n) is 2.86. The Hall–Kier alpha value is -0.520. The molecular weight excluding hydrogens is 170 g/mol. The fourth-order valence-electron chi connectivity index (χ4n) is 1.12. The Labute approximate surface area is 67.9 Å². The Balaban J connectivity index is 3.01. The minimum atomic E-state index is -3.57. The van der Waals surface area contributed by atoms with Crippen molar-refractivity contribution >= 4 is 0 Å². The van der Waals surface area contributed by atoms with Gasteiger partial charge in [0.15, 0.2) is 5.60 Å². The molecule has 1 aliphatic carbocycles. The third kappa shape index (κ3) is 1.14. The van der Waals surface area contributed by atoms with Crippen molar-refractivity contribution in [2.75, 3.05) is 6.61 Å². The van der Waals surface area contributed by atoms with Gasteiger partial charge in [0, 0.05) is 0 Å². The Morgan fingerprint density at radius 2 is 2.08 bits per heavy atom. The van der Waals surface area contributed by atoms with E-state index in [4.69, 9.17) is 10.2 Å². The molecule has 1 rings (SSSR count). The van der Waals surface area contributed by atoms with Crippen LogP contribution in [0.1, 0.15) is 6.42 Å². The summed E-state index contributed by atoms with van der Waals surface area (Å²) in [5.41, 5.74) is -2.73. The van der Waals surface area contributed by atoms with E-state index in [1.807, 2.05) is 0 Å². The molecule has 5 heteroatoms. The zero-order valence-corrected chi connectivity index (χ0v) is 6.24. The Morgan fingerprint density at radius 3 is 2.42 bits per heavy atom. The van der Waals surface area contributed by atoms with Gasteiger partial charge in [-0.05, 0) is 12.5 Å². The molecule has 3 nitrogen and oxygen atoms in total. The predicted octanol–water partition coefficient (Wildman–Crippen LogP) is -0.334. The zero-order chi connectivity index (χ0) is 9.41. The van der Waals surface area contributed by atoms with E-state index in [0.717, 1.165) is 6.08 Å². The van der Waals surface area contributed by atoms with Gasteiger partial charge in [-0.1, -0.05) is 6.08 Å². The van der Waals surface area contributed by atoms with Crippen LogP contribution in [0.4, 0.5) is 8.78 Å². The molecular formula is C7H10F2O3. The van der Waals surface area contributed by atoms with Crippen LogP contribution in [-0.4, -0.2) is 39.6 Å². The number of aliphatic hydroxyl groups excluding tert-OH is 2. The molecule has 0 spiro atoms. The zero-order valence-electron chi connectivity index (χ0n) is 6.24. The predicted molar refractivity (Wildman–Crippen MR) is 36.7 cm³/mol. The molecule has 70 valence electrons. The normalized spacial score (nSPS) is 39.9. The number of rotatable bonds is 1. The first-order chi connectivity index (χ1) is 5.44. The summed E-state index contributed by atoms with van der Waals surface area (Å²) in [6.07, 6.45) is -0.125. The molecule has 0 saturated heterocycles. The maximum absolute atomic E-state index is 12.8. The number of hydrogen-bond donors (Lipinski definition) is 3. The number of halogens is 2. The van der Waals surface area contributed by atoms with E-state index in [2.05, 4.69) is 0 Å². The minimum absolute atomic E-state index is 0.0767. The maximum atomic E-state index is 12.8. The van der Waals surface area contributed by atoms with Crippen molar-refractivity contribution < 1.29 is 24.1 Å². The molecule has 0 aromatic heterocycles. The van der Waals surface area contributed by atoms with E-state index < -0.39 is 24.2 Å². The lowest BCUT2D eigenvalue weighted by Gasteiger charge is -2.38. The largest absolute Gasteiger partial charge is 0.393 e. The first-order valence-electron chi connectivity index (χ1n) is 3.51. The molecule has 0 fully saturated rings. The first-order valence-corrected chi connectivity index (χ1v) is 3.51. The van der Waals surface area contributed by atoms with Crippen molar-refractivity contribution in [3.05, 3.63) is 12.2 Å². The molecule has 0 unspecified atom stereocenters. The lowest BCUT2D eigenvalue weighted by atomic mass is 9.84. The molecule has 1 aliphatic rings. The van der Waals surface area contributed by atoms with Crippen LogP contribution in [0.25, 0.3) is 0 Å². The van der Waals surface area contributed by atoms with E-state index >= 15 is 0 Å². The molecule has 0 aromatic carbocycles. The van der Waals surface area contributed by atoms with E-state index in [0.29, 0.717) is 6.08 Å². The van der Waals surface area contributed by atoms with Gasteiger partial charge in [0.25, 0.3) is 5.92 Å². The van der Waals surface area contributed by atoms with Gasteiger partial charge in [-0.2, -0.15) is 8.78 Å². The summed E-state index contributed by atoms with van der Waals surface area (Å²) >= 11 is 0. The van der Waals surface area contributed by atoms with Crippen molar-refractivity contribution in [2.24, 2.45) is 0 Å². The van der Waals surface area contributed by atoms with Gasteiger partial charge in [-0.3, -0.25) is 0 Å². The molecule has 12 heavy (non-hydrogen) atoms. The highest BCUT2D eigenvalue weighted by atomic mass is 19.3. The van der Waals surface area contributed by atoms with Gasteiger partial charge in [0.05, 0.1) is 12.7 Å². The molecule has 2 atom stereocenters. The summed E-state index contributed by atoms with van der Waals surface area (Å²) in [7, 11) is 0. The molecule has 0 aromatic rings. The van der Waals surface area contributed by atoms with Crippen LogP contribution < -0.4 is 0 Å². The van der Waals surface area contributed by atoms with Crippen LogP contribution >= 0.6 is 0 Å². The second-order valence-corrected chi connectivity index (χ2v) is 2.86. The van der Waals surface area contributed by atoms with Crippen molar-refractivity contribution in [1.82, 2.24) is 0 Å². The molecule has 3 N–H and O–H groups in total. The topological polar surface area (TPSA) is 60.7 Å². The summed E-state index contributed by atoms with van der Waals surface area (Å²) in [5, 5.41) is 26.7. The standard InChI is InChI=1S/C7H10F2O3/c8-7(9)3-1-2-5(11)6(7,12)4-10/h1,3,5,10-12H,2,4H2/t5-,6-/m0/s1. The minimum Gasteiger partial charge on any atom is -0.393 e. The lowest BCUT2D eigenvalue weighted by molar-refractivity contribution is -0.222. The highest BCUT2D eigenvalue weighted by Gasteiger charge is 2.56. The Morgan fingerprint density at radius 1 is 1.50 bits per heavy atom. The van der Waals surface area contributed by atoms with Gasteiger partial charge in [0.1, 0.15) is 0 Å². The summed E-state index contributed by atoms with van der Waals surface area (Å²) in [5.74, 6) is -3.57. The Kier molecular flexibility index (Phi) is 2.20. The van der Waals surface area contributed by atoms with E-state index in [1.54, 1.807) is 0 Å². The van der Waals surface area contributed by atoms with Crippen LogP contribution in [0.3, 0.4) is 0 Å². The number of hydrogen-bond acceptors (Lipinski definition) is 3. The van der Waals surface area contributed by atoms with E-state index in [9.17, 15) is 13.9 Å². The van der Waals surface area contributed by atoms with Crippen molar-refractivity contribution in [3.63, 3.8) is 0 Å². The van der Waals surface area contributed by atoms with Crippen molar-refractivity contribution in [1.29, 1.82) is 0 Å². The molecule has 0 aliphatic heterocycles. The quantitative estimate of drug-likeness (QED) is 0.484. The average molecular weight is 180 g/mol. The third-order valence-corrected chi connectivity index (χ3v) is 2.06. The van der Waals surface area contributed by atoms with Crippen molar-refractivity contribution in [3.8, 4) is 0 Å². The molecule has 0 radical (unpaired) electrons. The highest BCUT2D eigenvalue weighted by molar-refractivity contribution is 5.15. The monoisotopic (exact) mass is 180 g/mol. The first kappa shape index (κ1) is 9.57. The highest BCUT2D eigenvalue weighted by Crippen LogP contribution is 2.37. The fraction of sp³-hybridized carbons (Fsp3) is 0.714. The smallest absolute Gasteiger partial charge is 0.299 e. The van der Waals surface area contributed by atoms with E-state index in [-0.39, 0.29) is 6.42 Å². The Bertz CT molecular complexity index is 205. The lowest BCUT2D eigenvalue weighted by Crippen LogP contribution is -2.59. The van der Waals surface area contributed by atoms with E-state index in [1.165, 1.54) is 0 Å². The van der Waals surface area contributed by atoms with Gasteiger partial charge >= 0.3 is 0 Å². The summed E-state index contributed by atoms with van der Waals surface area (Å²) in [6, 6.07) is 0.